The van der Waals surface area contributed by atoms with Crippen LogP contribution in [0.3, 0.4) is 0 Å². The first-order valence-electron chi connectivity index (χ1n) is 9.06. The zero-order chi connectivity index (χ0) is 18.9. The van der Waals surface area contributed by atoms with E-state index in [2.05, 4.69) is 35.9 Å². The van der Waals surface area contributed by atoms with Crippen LogP contribution in [0.2, 0.25) is 0 Å². The molecule has 0 unspecified atom stereocenters. The summed E-state index contributed by atoms with van der Waals surface area (Å²) in [6.45, 7) is 12.7. The van der Waals surface area contributed by atoms with Gasteiger partial charge in [-0.2, -0.15) is 5.10 Å². The fraction of sp³-hybridized carbons (Fsp3) is 0.500. The first-order chi connectivity index (χ1) is 12.2. The standard InChI is InChI=1S/C20H27FN4O/c1-14-11-15(5-6-16(14)21)17-12-18(23-22-17)19(26)25-9-7-24(8-10-25)13-20(2,3)4/h5-6,11-12H,7-10,13H2,1-4H3,(H,22,23). The summed E-state index contributed by atoms with van der Waals surface area (Å²) in [5, 5.41) is 7.07. The van der Waals surface area contributed by atoms with Gasteiger partial charge in [0, 0.05) is 38.3 Å². The molecule has 6 heteroatoms. The van der Waals surface area contributed by atoms with E-state index in [-0.39, 0.29) is 17.1 Å². The maximum absolute atomic E-state index is 13.4. The van der Waals surface area contributed by atoms with E-state index >= 15 is 0 Å². The minimum atomic E-state index is -0.242. The van der Waals surface area contributed by atoms with Gasteiger partial charge < -0.3 is 4.90 Å². The number of aromatic amines is 1. The second kappa shape index (κ2) is 7.19. The van der Waals surface area contributed by atoms with Crippen molar-refractivity contribution in [2.75, 3.05) is 32.7 Å². The van der Waals surface area contributed by atoms with E-state index in [9.17, 15) is 9.18 Å². The summed E-state index contributed by atoms with van der Waals surface area (Å²) in [4.78, 5) is 17.0. The van der Waals surface area contributed by atoms with Crippen molar-refractivity contribution >= 4 is 5.91 Å². The quantitative estimate of drug-likeness (QED) is 0.916. The average molecular weight is 358 g/mol. The van der Waals surface area contributed by atoms with Crippen LogP contribution in [0.5, 0.6) is 0 Å². The molecule has 1 N–H and O–H groups in total. The van der Waals surface area contributed by atoms with Crippen molar-refractivity contribution in [3.63, 3.8) is 0 Å². The first kappa shape index (κ1) is 18.6. The molecule has 1 aromatic carbocycles. The zero-order valence-electron chi connectivity index (χ0n) is 16.0. The molecule has 1 fully saturated rings. The molecule has 1 aliphatic heterocycles. The Bertz CT molecular complexity index is 785. The van der Waals surface area contributed by atoms with Crippen molar-refractivity contribution in [1.82, 2.24) is 20.0 Å². The Kier molecular flexibility index (Phi) is 5.14. The van der Waals surface area contributed by atoms with Crippen LogP contribution < -0.4 is 0 Å². The zero-order valence-corrected chi connectivity index (χ0v) is 16.0. The van der Waals surface area contributed by atoms with E-state index in [0.29, 0.717) is 17.0 Å². The monoisotopic (exact) mass is 358 g/mol. The molecule has 5 nitrogen and oxygen atoms in total. The Hall–Kier alpha value is -2.21. The predicted octanol–water partition coefficient (Wildman–Crippen LogP) is 3.33. The molecule has 1 saturated heterocycles. The molecular weight excluding hydrogens is 331 g/mol. The van der Waals surface area contributed by atoms with Crippen molar-refractivity contribution in [1.29, 1.82) is 0 Å². The van der Waals surface area contributed by atoms with Crippen molar-refractivity contribution in [2.24, 2.45) is 5.41 Å². The molecule has 1 aliphatic rings. The molecule has 0 atom stereocenters. The van der Waals surface area contributed by atoms with Gasteiger partial charge in [-0.3, -0.25) is 14.8 Å². The summed E-state index contributed by atoms with van der Waals surface area (Å²) >= 11 is 0. The third kappa shape index (κ3) is 4.30. The highest BCUT2D eigenvalue weighted by atomic mass is 19.1. The predicted molar refractivity (Wildman–Crippen MR) is 101 cm³/mol. The molecule has 0 spiro atoms. The Morgan fingerprint density at radius 3 is 2.50 bits per heavy atom. The van der Waals surface area contributed by atoms with Gasteiger partial charge in [-0.1, -0.05) is 20.8 Å². The number of nitrogens with zero attached hydrogens (tertiary/aromatic N) is 3. The number of piperazine rings is 1. The summed E-state index contributed by atoms with van der Waals surface area (Å²) in [6, 6.07) is 6.59. The highest BCUT2D eigenvalue weighted by Crippen LogP contribution is 2.22. The summed E-state index contributed by atoms with van der Waals surface area (Å²) in [7, 11) is 0. The fourth-order valence-corrected chi connectivity index (χ4v) is 3.33. The topological polar surface area (TPSA) is 52.2 Å². The summed E-state index contributed by atoms with van der Waals surface area (Å²) in [5.41, 5.74) is 2.76. The lowest BCUT2D eigenvalue weighted by atomic mass is 9.96. The number of hydrogen-bond acceptors (Lipinski definition) is 3. The van der Waals surface area contributed by atoms with Gasteiger partial charge in [-0.25, -0.2) is 4.39 Å². The lowest BCUT2D eigenvalue weighted by Gasteiger charge is -2.37. The number of halogens is 1. The molecule has 1 aromatic heterocycles. The van der Waals surface area contributed by atoms with Crippen LogP contribution in [0.4, 0.5) is 4.39 Å². The lowest BCUT2D eigenvalue weighted by Crippen LogP contribution is -2.50. The number of benzene rings is 1. The van der Waals surface area contributed by atoms with E-state index in [1.54, 1.807) is 25.1 Å². The molecule has 0 aliphatic carbocycles. The SMILES string of the molecule is Cc1cc(-c2cc(C(=O)N3CCN(CC(C)(C)C)CC3)[nH]n2)ccc1F. The van der Waals surface area contributed by atoms with Gasteiger partial charge in [0.15, 0.2) is 0 Å². The van der Waals surface area contributed by atoms with Gasteiger partial charge in [0.1, 0.15) is 11.5 Å². The summed E-state index contributed by atoms with van der Waals surface area (Å²) in [6.07, 6.45) is 0. The first-order valence-corrected chi connectivity index (χ1v) is 9.06. The minimum absolute atomic E-state index is 0.0296. The van der Waals surface area contributed by atoms with Crippen LogP contribution in [0.25, 0.3) is 11.3 Å². The molecule has 0 radical (unpaired) electrons. The molecule has 2 aromatic rings. The van der Waals surface area contributed by atoms with E-state index < -0.39 is 0 Å². The maximum atomic E-state index is 13.4. The number of carbonyl (C=O) groups is 1. The number of aryl methyl sites for hydroxylation is 1. The van der Waals surface area contributed by atoms with Crippen molar-refractivity contribution in [2.45, 2.75) is 27.7 Å². The lowest BCUT2D eigenvalue weighted by molar-refractivity contribution is 0.0586. The Morgan fingerprint density at radius 2 is 1.88 bits per heavy atom. The van der Waals surface area contributed by atoms with E-state index in [1.165, 1.54) is 6.07 Å². The number of carbonyl (C=O) groups excluding carboxylic acids is 1. The van der Waals surface area contributed by atoms with Crippen LogP contribution in [0.15, 0.2) is 24.3 Å². The molecule has 0 saturated carbocycles. The minimum Gasteiger partial charge on any atom is -0.335 e. The number of H-pyrrole nitrogens is 1. The molecule has 26 heavy (non-hydrogen) atoms. The van der Waals surface area contributed by atoms with E-state index in [4.69, 9.17) is 0 Å². The van der Waals surface area contributed by atoms with Crippen molar-refractivity contribution in [3.8, 4) is 11.3 Å². The number of aromatic nitrogens is 2. The Morgan fingerprint density at radius 1 is 1.19 bits per heavy atom. The summed E-state index contributed by atoms with van der Waals surface area (Å²) < 4.78 is 13.4. The fourth-order valence-electron chi connectivity index (χ4n) is 3.33. The van der Waals surface area contributed by atoms with Gasteiger partial charge in [0.2, 0.25) is 0 Å². The third-order valence-corrected chi connectivity index (χ3v) is 4.62. The van der Waals surface area contributed by atoms with Crippen LogP contribution >= 0.6 is 0 Å². The molecule has 140 valence electrons. The van der Waals surface area contributed by atoms with Crippen molar-refractivity contribution < 1.29 is 9.18 Å². The summed E-state index contributed by atoms with van der Waals surface area (Å²) in [5.74, 6) is -0.272. The number of amides is 1. The smallest absolute Gasteiger partial charge is 0.271 e. The second-order valence-corrected chi connectivity index (χ2v) is 8.26. The number of nitrogens with one attached hydrogen (secondary N) is 1. The van der Waals surface area contributed by atoms with Crippen LogP contribution in [-0.4, -0.2) is 58.6 Å². The van der Waals surface area contributed by atoms with Gasteiger partial charge in [0.05, 0.1) is 5.69 Å². The normalized spacial score (nSPS) is 16.1. The third-order valence-electron chi connectivity index (χ3n) is 4.62. The molecular formula is C20H27FN4O. The van der Waals surface area contributed by atoms with Gasteiger partial charge in [-0.15, -0.1) is 0 Å². The van der Waals surface area contributed by atoms with Crippen LogP contribution in [0, 0.1) is 18.2 Å². The Labute approximate surface area is 154 Å². The highest BCUT2D eigenvalue weighted by molar-refractivity contribution is 5.93. The van der Waals surface area contributed by atoms with Gasteiger partial charge in [-0.05, 0) is 42.2 Å². The molecule has 3 rings (SSSR count). The van der Waals surface area contributed by atoms with Crippen LogP contribution in [-0.2, 0) is 0 Å². The highest BCUT2D eigenvalue weighted by Gasteiger charge is 2.25. The molecule has 1 amide bonds. The maximum Gasteiger partial charge on any atom is 0.271 e. The van der Waals surface area contributed by atoms with Crippen LogP contribution in [0.1, 0.15) is 36.8 Å². The number of rotatable bonds is 3. The van der Waals surface area contributed by atoms with Gasteiger partial charge in [0.25, 0.3) is 5.91 Å². The van der Waals surface area contributed by atoms with Gasteiger partial charge >= 0.3 is 0 Å². The van der Waals surface area contributed by atoms with Crippen molar-refractivity contribution in [3.05, 3.63) is 41.3 Å². The molecule has 0 bridgehead atoms. The second-order valence-electron chi connectivity index (χ2n) is 8.26. The number of hydrogen-bond donors (Lipinski definition) is 1. The van der Waals surface area contributed by atoms with E-state index in [0.717, 1.165) is 38.3 Å². The average Bonchev–Trinajstić information content (AvgIpc) is 3.06. The van der Waals surface area contributed by atoms with E-state index in [1.807, 2.05) is 4.90 Å². The molecule has 2 heterocycles. The largest absolute Gasteiger partial charge is 0.335 e. The Balaban J connectivity index is 1.64.